The molecular formula is C26H23N6O4+. The largest absolute Gasteiger partial charge is 0.463 e. The molecule has 36 heavy (non-hydrogen) atoms. The van der Waals surface area contributed by atoms with E-state index in [2.05, 4.69) is 20.3 Å². The molecule has 0 saturated carbocycles. The predicted molar refractivity (Wildman–Crippen MR) is 129 cm³/mol. The van der Waals surface area contributed by atoms with Crippen LogP contribution in [0.5, 0.6) is 6.01 Å². The molecule has 4 aliphatic rings. The van der Waals surface area contributed by atoms with Crippen LogP contribution in [0.15, 0.2) is 88.5 Å². The molecule has 0 amide bonds. The Labute approximate surface area is 206 Å². The third-order valence-corrected chi connectivity index (χ3v) is 6.65. The second-order valence-electron chi connectivity index (χ2n) is 8.85. The van der Waals surface area contributed by atoms with Gasteiger partial charge in [0.15, 0.2) is 11.2 Å². The van der Waals surface area contributed by atoms with E-state index in [4.69, 9.17) is 9.47 Å². The molecule has 1 fully saturated rings. The van der Waals surface area contributed by atoms with E-state index >= 15 is 0 Å². The van der Waals surface area contributed by atoms with Gasteiger partial charge in [0.2, 0.25) is 5.84 Å². The number of esters is 1. The van der Waals surface area contributed by atoms with Gasteiger partial charge >= 0.3 is 18.2 Å². The number of nitrogens with zero attached hydrogens (tertiary/aromatic N) is 5. The Morgan fingerprint density at radius 2 is 1.94 bits per heavy atom. The summed E-state index contributed by atoms with van der Waals surface area (Å²) >= 11 is 0. The number of nitroso groups, excluding NO2 is 1. The van der Waals surface area contributed by atoms with Crippen molar-refractivity contribution in [1.29, 1.82) is 0 Å². The highest BCUT2D eigenvalue weighted by atomic mass is 16.5. The Morgan fingerprint density at radius 3 is 2.67 bits per heavy atom. The van der Waals surface area contributed by atoms with Gasteiger partial charge in [0.05, 0.1) is 17.6 Å². The summed E-state index contributed by atoms with van der Waals surface area (Å²) in [5.74, 6) is 0.129. The molecule has 0 bridgehead atoms. The highest BCUT2D eigenvalue weighted by molar-refractivity contribution is 6.38. The Kier molecular flexibility index (Phi) is 4.85. The van der Waals surface area contributed by atoms with Gasteiger partial charge in [-0.25, -0.2) is 19.8 Å². The summed E-state index contributed by atoms with van der Waals surface area (Å²) in [6.07, 6.45) is 6.57. The van der Waals surface area contributed by atoms with Crippen LogP contribution >= 0.6 is 0 Å². The standard InChI is InChI=1S/C26H22N6O4/c1-15-12-16(2)29-25(28-15)36-24-26(18-9-5-4-6-10-18)19-11-7-8-17(19)13-31-21(20(26)27-14-32(24)34)30-22(31)23(33)35-3/h4-13,24H,14H2,1-3H3/p+1/t24-,26-/m0/s1. The first-order chi connectivity index (χ1) is 17.4. The topological polar surface area (TPSA) is 109 Å². The number of allylic oxidation sites excluding steroid dienone is 4. The molecule has 1 aromatic heterocycles. The lowest BCUT2D eigenvalue weighted by atomic mass is 9.67. The number of carbonyl (C=O) groups excluding carboxylic acids is 1. The number of amidine groups is 1. The van der Waals surface area contributed by atoms with E-state index in [1.165, 1.54) is 7.11 Å². The molecule has 6 rings (SSSR count). The van der Waals surface area contributed by atoms with E-state index < -0.39 is 17.6 Å². The molecule has 0 spiro atoms. The van der Waals surface area contributed by atoms with Crippen LogP contribution in [-0.4, -0.2) is 51.4 Å². The Hall–Kier alpha value is -4.60. The molecule has 0 radical (unpaired) electrons. The van der Waals surface area contributed by atoms with Crippen LogP contribution in [0.2, 0.25) is 0 Å². The highest BCUT2D eigenvalue weighted by Gasteiger charge is 2.64. The Morgan fingerprint density at radius 1 is 1.19 bits per heavy atom. The molecule has 1 N–H and O–H groups in total. The lowest BCUT2D eigenvalue weighted by molar-refractivity contribution is -0.640. The number of hydrogen-bond acceptors (Lipinski definition) is 9. The first kappa shape index (κ1) is 21.9. The number of ether oxygens (including phenoxy) is 2. The maximum Gasteiger partial charge on any atom is 0.374 e. The van der Waals surface area contributed by atoms with Crippen LogP contribution in [0.25, 0.3) is 0 Å². The predicted octanol–water partition coefficient (Wildman–Crippen LogP) is 2.53. The summed E-state index contributed by atoms with van der Waals surface area (Å²) in [7, 11) is 1.32. The number of benzene rings is 1. The van der Waals surface area contributed by atoms with Crippen molar-refractivity contribution in [2.45, 2.75) is 25.5 Å². The van der Waals surface area contributed by atoms with E-state index in [1.807, 2.05) is 74.7 Å². The van der Waals surface area contributed by atoms with Crippen LogP contribution < -0.4 is 10.1 Å². The van der Waals surface area contributed by atoms with E-state index in [9.17, 15) is 9.70 Å². The molecule has 3 aliphatic heterocycles. The van der Waals surface area contributed by atoms with Gasteiger partial charge in [0.25, 0.3) is 6.67 Å². The van der Waals surface area contributed by atoms with Gasteiger partial charge in [-0.1, -0.05) is 48.6 Å². The smallest absolute Gasteiger partial charge is 0.374 e. The first-order valence-electron chi connectivity index (χ1n) is 11.5. The number of nitrogens with one attached hydrogen (secondary N) is 1. The van der Waals surface area contributed by atoms with E-state index in [0.717, 1.165) is 32.9 Å². The number of hydrogen-bond donors (Lipinski definition) is 1. The summed E-state index contributed by atoms with van der Waals surface area (Å²) in [6, 6.07) is 11.6. The SMILES string of the molecule is COC(=O)C1=NC2=C3NC[N+](=O)[C@@H](Oc4nc(C)cc(C)n4)[C@@]3(c3ccccc3)C3=CC=CC3=CN12. The maximum absolute atomic E-state index is 13.6. The molecule has 1 aliphatic carbocycles. The number of aromatic nitrogens is 2. The summed E-state index contributed by atoms with van der Waals surface area (Å²) in [6.45, 7) is 3.64. The van der Waals surface area contributed by atoms with Crippen LogP contribution in [0.1, 0.15) is 17.0 Å². The lowest BCUT2D eigenvalue weighted by Crippen LogP contribution is -2.61. The summed E-state index contributed by atoms with van der Waals surface area (Å²) < 4.78 is 12.2. The number of rotatable bonds is 4. The zero-order valence-electron chi connectivity index (χ0n) is 19.9. The van der Waals surface area contributed by atoms with Gasteiger partial charge in [0, 0.05) is 22.5 Å². The summed E-state index contributed by atoms with van der Waals surface area (Å²) in [5.41, 5.74) is 3.44. The fourth-order valence-corrected chi connectivity index (χ4v) is 5.22. The molecule has 1 aromatic carbocycles. The quantitative estimate of drug-likeness (QED) is 0.522. The van der Waals surface area contributed by atoms with Crippen molar-refractivity contribution in [3.05, 3.63) is 105 Å². The minimum Gasteiger partial charge on any atom is -0.463 e. The zero-order chi connectivity index (χ0) is 25.0. The zero-order valence-corrected chi connectivity index (χ0v) is 19.9. The van der Waals surface area contributed by atoms with Gasteiger partial charge in [-0.15, -0.1) is 0 Å². The average Bonchev–Trinajstić information content (AvgIpc) is 3.29. The molecule has 0 unspecified atom stereocenters. The highest BCUT2D eigenvalue weighted by Crippen LogP contribution is 2.53. The minimum absolute atomic E-state index is 0.0597. The normalized spacial score (nSPS) is 23.8. The van der Waals surface area contributed by atoms with Gasteiger partial charge in [-0.2, -0.15) is 0 Å². The van der Waals surface area contributed by atoms with Crippen LogP contribution in [0, 0.1) is 18.8 Å². The molecule has 180 valence electrons. The third kappa shape index (κ3) is 3.03. The Balaban J connectivity index is 1.63. The number of carbonyl (C=O) groups is 1. The number of methoxy groups -OCH3 is 1. The Bertz CT molecular complexity index is 1450. The van der Waals surface area contributed by atoms with Crippen LogP contribution in [0.3, 0.4) is 0 Å². The number of fused-ring (bicyclic) bond motifs is 4. The molecular weight excluding hydrogens is 460 g/mol. The van der Waals surface area contributed by atoms with Crippen LogP contribution in [0.4, 0.5) is 0 Å². The van der Waals surface area contributed by atoms with E-state index in [0.29, 0.717) is 11.5 Å². The van der Waals surface area contributed by atoms with Crippen molar-refractivity contribution >= 4 is 11.8 Å². The molecule has 2 atom stereocenters. The average molecular weight is 484 g/mol. The number of aryl methyl sites for hydroxylation is 2. The van der Waals surface area contributed by atoms with Gasteiger partial charge in [-0.3, -0.25) is 4.90 Å². The molecule has 10 nitrogen and oxygen atoms in total. The fourth-order valence-electron chi connectivity index (χ4n) is 5.22. The van der Waals surface area contributed by atoms with Crippen LogP contribution in [-0.2, 0) is 14.9 Å². The van der Waals surface area contributed by atoms with E-state index in [-0.39, 0.29) is 18.5 Å². The fraction of sp³-hybridized carbons (Fsp3) is 0.231. The summed E-state index contributed by atoms with van der Waals surface area (Å²) in [5, 5.41) is 3.28. The monoisotopic (exact) mass is 483 g/mol. The van der Waals surface area contributed by atoms with E-state index in [1.54, 1.807) is 4.90 Å². The van der Waals surface area contributed by atoms with Crippen molar-refractivity contribution in [2.75, 3.05) is 13.8 Å². The molecule has 1 saturated heterocycles. The third-order valence-electron chi connectivity index (χ3n) is 6.65. The second kappa shape index (κ2) is 7.98. The van der Waals surface area contributed by atoms with Crippen molar-refractivity contribution in [3.8, 4) is 6.01 Å². The van der Waals surface area contributed by atoms with Gasteiger partial charge < -0.3 is 14.8 Å². The van der Waals surface area contributed by atoms with Crippen molar-refractivity contribution in [3.63, 3.8) is 0 Å². The summed E-state index contributed by atoms with van der Waals surface area (Å²) in [4.78, 5) is 41.1. The van der Waals surface area contributed by atoms with Crippen molar-refractivity contribution < 1.29 is 19.0 Å². The molecule has 2 aromatic rings. The van der Waals surface area contributed by atoms with Gasteiger partial charge in [-0.05, 0) is 36.6 Å². The minimum atomic E-state index is -1.13. The van der Waals surface area contributed by atoms with Crippen molar-refractivity contribution in [2.24, 2.45) is 4.99 Å². The maximum atomic E-state index is 13.6. The lowest BCUT2D eigenvalue weighted by Gasteiger charge is -2.42. The first-order valence-corrected chi connectivity index (χ1v) is 11.5. The molecule has 10 heteroatoms. The van der Waals surface area contributed by atoms with Crippen molar-refractivity contribution in [1.82, 2.24) is 20.2 Å². The van der Waals surface area contributed by atoms with Gasteiger partial charge in [0.1, 0.15) is 0 Å². The molecule has 4 heterocycles. The number of aliphatic imine (C=N–C) groups is 1. The second-order valence-corrected chi connectivity index (χ2v) is 8.85.